The minimum Gasteiger partial charge on any atom is -0.450 e. The molecule has 0 bridgehead atoms. The van der Waals surface area contributed by atoms with Crippen molar-refractivity contribution in [2.75, 3.05) is 20.6 Å². The van der Waals surface area contributed by atoms with E-state index in [2.05, 4.69) is 35.2 Å². The van der Waals surface area contributed by atoms with Crippen molar-refractivity contribution in [3.8, 4) is 0 Å². The first-order chi connectivity index (χ1) is 12.6. The van der Waals surface area contributed by atoms with E-state index in [9.17, 15) is 4.79 Å². The maximum Gasteiger partial charge on any atom is 0.339 e. The van der Waals surface area contributed by atoms with Gasteiger partial charge in [-0.3, -0.25) is 0 Å². The van der Waals surface area contributed by atoms with Crippen LogP contribution in [-0.4, -0.2) is 31.5 Å². The fraction of sp³-hybridized carbons (Fsp3) is 0.261. The fourth-order valence-corrected chi connectivity index (χ4v) is 3.77. The van der Waals surface area contributed by atoms with Gasteiger partial charge in [-0.1, -0.05) is 54.6 Å². The summed E-state index contributed by atoms with van der Waals surface area (Å²) in [5.41, 5.74) is 2.20. The van der Waals surface area contributed by atoms with Crippen LogP contribution >= 0.6 is 12.4 Å². The molecule has 4 rings (SSSR count). The van der Waals surface area contributed by atoms with Gasteiger partial charge in [0.1, 0.15) is 5.60 Å². The molecule has 3 nitrogen and oxygen atoms in total. The zero-order chi connectivity index (χ0) is 18.1. The Kier molecular flexibility index (Phi) is 5.54. The molecule has 0 aliphatic carbocycles. The molecule has 1 aliphatic rings. The standard InChI is InChI=1S/C23H23NO2.ClH/c1-24(2)14-13-23(16-19-9-5-6-10-21(19)22(25)26-23)20-12-11-17-7-3-4-8-18(17)15-20;/h3-12,15H,13-14,16H2,1-2H3;1H. The lowest BCUT2D eigenvalue weighted by Gasteiger charge is -2.39. The quantitative estimate of drug-likeness (QED) is 0.607. The van der Waals surface area contributed by atoms with Crippen molar-refractivity contribution in [2.45, 2.75) is 18.4 Å². The Morgan fingerprint density at radius 3 is 2.44 bits per heavy atom. The number of nitrogens with zero attached hydrogens (tertiary/aromatic N) is 1. The average Bonchev–Trinajstić information content (AvgIpc) is 2.66. The topological polar surface area (TPSA) is 29.5 Å². The number of esters is 1. The van der Waals surface area contributed by atoms with E-state index in [0.29, 0.717) is 12.0 Å². The van der Waals surface area contributed by atoms with E-state index < -0.39 is 5.60 Å². The van der Waals surface area contributed by atoms with Gasteiger partial charge in [-0.15, -0.1) is 12.4 Å². The van der Waals surface area contributed by atoms with Crippen molar-refractivity contribution < 1.29 is 9.53 Å². The average molecular weight is 382 g/mol. The van der Waals surface area contributed by atoms with Crippen molar-refractivity contribution in [3.63, 3.8) is 0 Å². The normalized spacial score (nSPS) is 18.7. The predicted molar refractivity (Wildman–Crippen MR) is 112 cm³/mol. The Labute approximate surface area is 166 Å². The number of halogens is 1. The lowest BCUT2D eigenvalue weighted by Crippen LogP contribution is -2.41. The first kappa shape index (κ1) is 19.4. The van der Waals surface area contributed by atoms with Gasteiger partial charge < -0.3 is 9.64 Å². The van der Waals surface area contributed by atoms with Crippen LogP contribution in [0.25, 0.3) is 10.8 Å². The molecule has 0 amide bonds. The molecule has 4 heteroatoms. The summed E-state index contributed by atoms with van der Waals surface area (Å²) in [5, 5.41) is 2.37. The number of cyclic esters (lactones) is 1. The number of fused-ring (bicyclic) bond motifs is 2. The minimum atomic E-state index is -0.625. The molecule has 0 spiro atoms. The molecule has 3 aromatic carbocycles. The van der Waals surface area contributed by atoms with Gasteiger partial charge in [-0.25, -0.2) is 4.79 Å². The van der Waals surface area contributed by atoms with Crippen LogP contribution in [0.3, 0.4) is 0 Å². The molecule has 1 unspecified atom stereocenters. The van der Waals surface area contributed by atoms with Crippen LogP contribution in [0.15, 0.2) is 66.7 Å². The molecule has 1 atom stereocenters. The van der Waals surface area contributed by atoms with Crippen LogP contribution in [0.2, 0.25) is 0 Å². The molecule has 0 aromatic heterocycles. The molecule has 27 heavy (non-hydrogen) atoms. The summed E-state index contributed by atoms with van der Waals surface area (Å²) in [6.07, 6.45) is 1.47. The second kappa shape index (κ2) is 7.71. The van der Waals surface area contributed by atoms with Crippen LogP contribution in [0.4, 0.5) is 0 Å². The van der Waals surface area contributed by atoms with Gasteiger partial charge in [0.25, 0.3) is 0 Å². The number of ether oxygens (including phenoxy) is 1. The smallest absolute Gasteiger partial charge is 0.339 e. The summed E-state index contributed by atoms with van der Waals surface area (Å²) in [4.78, 5) is 14.9. The number of hydrogen-bond donors (Lipinski definition) is 0. The van der Waals surface area contributed by atoms with Gasteiger partial charge in [0.15, 0.2) is 0 Å². The summed E-state index contributed by atoms with van der Waals surface area (Å²) in [5.74, 6) is -0.223. The monoisotopic (exact) mass is 381 g/mol. The van der Waals surface area contributed by atoms with E-state index in [0.717, 1.165) is 24.1 Å². The number of benzene rings is 3. The first-order valence-corrected chi connectivity index (χ1v) is 9.03. The van der Waals surface area contributed by atoms with Crippen LogP contribution in [0.1, 0.15) is 27.9 Å². The highest BCUT2D eigenvalue weighted by molar-refractivity contribution is 5.93. The van der Waals surface area contributed by atoms with Crippen molar-refractivity contribution in [3.05, 3.63) is 83.4 Å². The molecule has 0 saturated heterocycles. The second-order valence-electron chi connectivity index (χ2n) is 7.33. The summed E-state index contributed by atoms with van der Waals surface area (Å²) in [6, 6.07) is 22.5. The lowest BCUT2D eigenvalue weighted by molar-refractivity contribution is -0.0354. The lowest BCUT2D eigenvalue weighted by atomic mass is 9.80. The molecule has 0 saturated carbocycles. The highest BCUT2D eigenvalue weighted by Gasteiger charge is 2.41. The van der Waals surface area contributed by atoms with E-state index in [1.54, 1.807) is 0 Å². The van der Waals surface area contributed by atoms with E-state index in [1.807, 2.05) is 50.5 Å². The van der Waals surface area contributed by atoms with E-state index in [4.69, 9.17) is 4.74 Å². The third-order valence-electron chi connectivity index (χ3n) is 5.24. The fourth-order valence-electron chi connectivity index (χ4n) is 3.77. The van der Waals surface area contributed by atoms with E-state index in [-0.39, 0.29) is 18.4 Å². The van der Waals surface area contributed by atoms with Gasteiger partial charge >= 0.3 is 5.97 Å². The van der Waals surface area contributed by atoms with Gasteiger partial charge in [-0.2, -0.15) is 0 Å². The van der Waals surface area contributed by atoms with Crippen molar-refractivity contribution in [1.82, 2.24) is 4.90 Å². The van der Waals surface area contributed by atoms with Crippen LogP contribution in [-0.2, 0) is 16.8 Å². The second-order valence-corrected chi connectivity index (χ2v) is 7.33. The highest BCUT2D eigenvalue weighted by Crippen LogP contribution is 2.40. The van der Waals surface area contributed by atoms with Gasteiger partial charge in [0.2, 0.25) is 0 Å². The molecule has 3 aromatic rings. The summed E-state index contributed by atoms with van der Waals surface area (Å²) >= 11 is 0. The Bertz CT molecular complexity index is 969. The summed E-state index contributed by atoms with van der Waals surface area (Å²) in [7, 11) is 4.10. The van der Waals surface area contributed by atoms with Crippen molar-refractivity contribution >= 4 is 29.1 Å². The molecule has 0 N–H and O–H groups in total. The molecule has 1 aliphatic heterocycles. The first-order valence-electron chi connectivity index (χ1n) is 9.03. The third kappa shape index (κ3) is 3.71. The third-order valence-corrected chi connectivity index (χ3v) is 5.24. The highest BCUT2D eigenvalue weighted by atomic mass is 35.5. The number of hydrogen-bond acceptors (Lipinski definition) is 3. The van der Waals surface area contributed by atoms with Crippen molar-refractivity contribution in [1.29, 1.82) is 0 Å². The Balaban J connectivity index is 0.00000210. The van der Waals surface area contributed by atoms with E-state index >= 15 is 0 Å². The summed E-state index contributed by atoms with van der Waals surface area (Å²) < 4.78 is 6.12. The zero-order valence-electron chi connectivity index (χ0n) is 15.6. The maximum absolute atomic E-state index is 12.7. The summed E-state index contributed by atoms with van der Waals surface area (Å²) in [6.45, 7) is 0.849. The van der Waals surface area contributed by atoms with Gasteiger partial charge in [-0.05, 0) is 48.1 Å². The number of carbonyl (C=O) groups is 1. The molecule has 0 fully saturated rings. The van der Waals surface area contributed by atoms with Crippen LogP contribution in [0, 0.1) is 0 Å². The molecule has 140 valence electrons. The van der Waals surface area contributed by atoms with Crippen LogP contribution in [0.5, 0.6) is 0 Å². The largest absolute Gasteiger partial charge is 0.450 e. The number of rotatable bonds is 4. The molecule has 1 heterocycles. The Hall–Kier alpha value is -2.36. The van der Waals surface area contributed by atoms with Gasteiger partial charge in [0, 0.05) is 19.4 Å². The Morgan fingerprint density at radius 2 is 1.67 bits per heavy atom. The van der Waals surface area contributed by atoms with Crippen molar-refractivity contribution in [2.24, 2.45) is 0 Å². The van der Waals surface area contributed by atoms with E-state index in [1.165, 1.54) is 10.8 Å². The number of carbonyl (C=O) groups excluding carboxylic acids is 1. The molecular formula is C23H24ClNO2. The van der Waals surface area contributed by atoms with Gasteiger partial charge in [0.05, 0.1) is 5.56 Å². The molecule has 0 radical (unpaired) electrons. The SMILES string of the molecule is CN(C)CCC1(c2ccc3ccccc3c2)Cc2ccccc2C(=O)O1.Cl. The molecular weight excluding hydrogens is 358 g/mol. The van der Waals surface area contributed by atoms with Crippen LogP contribution < -0.4 is 0 Å². The minimum absolute atomic E-state index is 0. The maximum atomic E-state index is 12.7. The predicted octanol–water partition coefficient (Wildman–Crippen LogP) is 4.82. The Morgan fingerprint density at radius 1 is 0.963 bits per heavy atom. The zero-order valence-corrected chi connectivity index (χ0v) is 16.5.